The number of hydrogen-bond donors (Lipinski definition) is 0. The summed E-state index contributed by atoms with van der Waals surface area (Å²) in [4.78, 5) is 11.6. The Hall–Kier alpha value is -0.610. The van der Waals surface area contributed by atoms with E-state index in [4.69, 9.17) is 14.2 Å². The number of carbonyl (C=O) groups is 1. The fourth-order valence-corrected chi connectivity index (χ4v) is 2.36. The molecule has 0 aliphatic rings. The molecule has 0 saturated heterocycles. The van der Waals surface area contributed by atoms with Gasteiger partial charge in [-0.3, -0.25) is 4.79 Å². The molecule has 0 bridgehead atoms. The summed E-state index contributed by atoms with van der Waals surface area (Å²) in [6.07, 6.45) is 10.7. The maximum atomic E-state index is 11.6. The molecule has 0 aliphatic heterocycles. The van der Waals surface area contributed by atoms with Crippen LogP contribution in [-0.2, 0) is 19.0 Å². The zero-order valence-corrected chi connectivity index (χ0v) is 16.3. The van der Waals surface area contributed by atoms with E-state index in [-0.39, 0.29) is 5.97 Å². The molecule has 0 amide bonds. The van der Waals surface area contributed by atoms with Crippen LogP contribution < -0.4 is 0 Å². The third-order valence-electron chi connectivity index (χ3n) is 3.87. The van der Waals surface area contributed by atoms with Gasteiger partial charge in [-0.2, -0.15) is 0 Å². The molecule has 0 atom stereocenters. The van der Waals surface area contributed by atoms with Crippen LogP contribution in [0.15, 0.2) is 0 Å². The summed E-state index contributed by atoms with van der Waals surface area (Å²) in [5.41, 5.74) is 0. The topological polar surface area (TPSA) is 44.8 Å². The van der Waals surface area contributed by atoms with Crippen molar-refractivity contribution in [2.45, 2.75) is 85.0 Å². The molecule has 0 aliphatic carbocycles. The van der Waals surface area contributed by atoms with Crippen LogP contribution in [0.25, 0.3) is 0 Å². The van der Waals surface area contributed by atoms with Gasteiger partial charge in [0, 0.05) is 19.6 Å². The van der Waals surface area contributed by atoms with Gasteiger partial charge in [0.15, 0.2) is 0 Å². The van der Waals surface area contributed by atoms with Gasteiger partial charge in [-0.1, -0.05) is 59.3 Å². The van der Waals surface area contributed by atoms with Gasteiger partial charge < -0.3 is 14.2 Å². The number of rotatable bonds is 18. The van der Waals surface area contributed by atoms with Crippen molar-refractivity contribution in [1.82, 2.24) is 0 Å². The normalized spacial score (nSPS) is 11.2. The Balaban J connectivity index is 3.16. The maximum Gasteiger partial charge on any atom is 0.305 e. The molecule has 0 radical (unpaired) electrons. The van der Waals surface area contributed by atoms with Crippen molar-refractivity contribution in [3.63, 3.8) is 0 Å². The fraction of sp³-hybridized carbons (Fsp3) is 0.950. The molecule has 4 heteroatoms. The van der Waals surface area contributed by atoms with Crippen molar-refractivity contribution in [2.75, 3.05) is 33.0 Å². The minimum atomic E-state index is -0.100. The van der Waals surface area contributed by atoms with Gasteiger partial charge in [0.2, 0.25) is 0 Å². The van der Waals surface area contributed by atoms with E-state index in [1.165, 1.54) is 32.1 Å². The van der Waals surface area contributed by atoms with Crippen molar-refractivity contribution < 1.29 is 19.0 Å². The van der Waals surface area contributed by atoms with Crippen LogP contribution in [-0.4, -0.2) is 39.0 Å². The van der Waals surface area contributed by atoms with Crippen LogP contribution in [0.3, 0.4) is 0 Å². The van der Waals surface area contributed by atoms with E-state index in [1.54, 1.807) is 0 Å². The highest BCUT2D eigenvalue weighted by molar-refractivity contribution is 5.69. The highest BCUT2D eigenvalue weighted by Gasteiger charge is 2.02. The molecule has 144 valence electrons. The minimum Gasteiger partial charge on any atom is -0.466 e. The van der Waals surface area contributed by atoms with Gasteiger partial charge in [0.1, 0.15) is 0 Å². The van der Waals surface area contributed by atoms with E-state index in [0.717, 1.165) is 38.2 Å². The lowest BCUT2D eigenvalue weighted by molar-refractivity contribution is -0.144. The number of esters is 1. The first-order valence-corrected chi connectivity index (χ1v) is 9.98. The Labute approximate surface area is 149 Å². The molecule has 0 spiro atoms. The van der Waals surface area contributed by atoms with Crippen molar-refractivity contribution in [1.29, 1.82) is 0 Å². The summed E-state index contributed by atoms with van der Waals surface area (Å²) in [5.74, 6) is 0.689. The van der Waals surface area contributed by atoms with E-state index in [1.807, 2.05) is 0 Å². The van der Waals surface area contributed by atoms with Gasteiger partial charge >= 0.3 is 5.97 Å². The summed E-state index contributed by atoms with van der Waals surface area (Å²) in [5, 5.41) is 0. The Morgan fingerprint density at radius 3 is 2.04 bits per heavy atom. The Morgan fingerprint density at radius 1 is 0.750 bits per heavy atom. The summed E-state index contributed by atoms with van der Waals surface area (Å²) < 4.78 is 16.1. The van der Waals surface area contributed by atoms with Crippen molar-refractivity contribution in [2.24, 2.45) is 5.92 Å². The Morgan fingerprint density at radius 2 is 1.38 bits per heavy atom. The van der Waals surface area contributed by atoms with Crippen LogP contribution in [0.2, 0.25) is 0 Å². The van der Waals surface area contributed by atoms with Crippen LogP contribution in [0, 0.1) is 5.92 Å². The van der Waals surface area contributed by atoms with E-state index in [0.29, 0.717) is 32.8 Å². The summed E-state index contributed by atoms with van der Waals surface area (Å²) in [6.45, 7) is 9.93. The largest absolute Gasteiger partial charge is 0.466 e. The zero-order chi connectivity index (χ0) is 17.9. The molecular weight excluding hydrogens is 304 g/mol. The summed E-state index contributed by atoms with van der Waals surface area (Å²) in [6, 6.07) is 0. The molecule has 0 rings (SSSR count). The molecule has 0 fully saturated rings. The average Bonchev–Trinajstić information content (AvgIpc) is 2.55. The zero-order valence-electron chi connectivity index (χ0n) is 16.3. The smallest absolute Gasteiger partial charge is 0.305 e. The third kappa shape index (κ3) is 19.4. The molecule has 0 aromatic heterocycles. The van der Waals surface area contributed by atoms with E-state index in [2.05, 4.69) is 20.8 Å². The van der Waals surface area contributed by atoms with E-state index in [9.17, 15) is 4.79 Å². The van der Waals surface area contributed by atoms with Gasteiger partial charge in [-0.05, 0) is 25.2 Å². The number of carbonyl (C=O) groups excluding carboxylic acids is 1. The molecule has 0 unspecified atom stereocenters. The third-order valence-corrected chi connectivity index (χ3v) is 3.87. The molecule has 24 heavy (non-hydrogen) atoms. The quantitative estimate of drug-likeness (QED) is 0.255. The summed E-state index contributed by atoms with van der Waals surface area (Å²) in [7, 11) is 0. The first kappa shape index (κ1) is 23.4. The molecule has 0 N–H and O–H groups in total. The second-order valence-corrected chi connectivity index (χ2v) is 6.85. The van der Waals surface area contributed by atoms with Crippen LogP contribution in [0.4, 0.5) is 0 Å². The van der Waals surface area contributed by atoms with Crippen LogP contribution >= 0.6 is 0 Å². The predicted molar refractivity (Wildman–Crippen MR) is 99.3 cm³/mol. The monoisotopic (exact) mass is 344 g/mol. The molecule has 4 nitrogen and oxygen atoms in total. The van der Waals surface area contributed by atoms with E-state index < -0.39 is 0 Å². The number of hydrogen-bond acceptors (Lipinski definition) is 4. The van der Waals surface area contributed by atoms with Gasteiger partial charge in [0.05, 0.1) is 19.8 Å². The van der Waals surface area contributed by atoms with Crippen LogP contribution in [0.5, 0.6) is 0 Å². The number of unbranched alkanes of at least 4 members (excludes halogenated alkanes) is 5. The molecule has 0 saturated carbocycles. The van der Waals surface area contributed by atoms with Crippen molar-refractivity contribution >= 4 is 5.97 Å². The average molecular weight is 345 g/mol. The van der Waals surface area contributed by atoms with E-state index >= 15 is 0 Å². The SMILES string of the molecule is CCCCCOCCOCCCC(=O)OCCCCCCC(C)C. The summed E-state index contributed by atoms with van der Waals surface area (Å²) >= 11 is 0. The van der Waals surface area contributed by atoms with Gasteiger partial charge in [0.25, 0.3) is 0 Å². The van der Waals surface area contributed by atoms with Gasteiger partial charge in [-0.15, -0.1) is 0 Å². The van der Waals surface area contributed by atoms with Crippen molar-refractivity contribution in [3.05, 3.63) is 0 Å². The fourth-order valence-electron chi connectivity index (χ4n) is 2.36. The van der Waals surface area contributed by atoms with Gasteiger partial charge in [-0.25, -0.2) is 0 Å². The van der Waals surface area contributed by atoms with Crippen molar-refractivity contribution in [3.8, 4) is 0 Å². The molecule has 0 aromatic rings. The minimum absolute atomic E-state index is 0.100. The maximum absolute atomic E-state index is 11.6. The molecular formula is C20H40O4. The Kier molecular flexibility index (Phi) is 18.2. The standard InChI is InChI=1S/C20H40O4/c1-4-5-9-14-22-17-18-23-15-11-13-20(21)24-16-10-7-6-8-12-19(2)3/h19H,4-18H2,1-3H3. The lowest BCUT2D eigenvalue weighted by Gasteiger charge is -2.07. The molecule has 0 aromatic carbocycles. The first-order valence-electron chi connectivity index (χ1n) is 9.98. The predicted octanol–water partition coefficient (Wildman–Crippen LogP) is 5.14. The highest BCUT2D eigenvalue weighted by Crippen LogP contribution is 2.09. The lowest BCUT2D eigenvalue weighted by atomic mass is 10.0. The second kappa shape index (κ2) is 18.7. The highest BCUT2D eigenvalue weighted by atomic mass is 16.5. The first-order chi connectivity index (χ1) is 11.7. The Bertz CT molecular complexity index is 266. The van der Waals surface area contributed by atoms with Crippen LogP contribution in [0.1, 0.15) is 85.0 Å². The lowest BCUT2D eigenvalue weighted by Crippen LogP contribution is -2.09. The second-order valence-electron chi connectivity index (χ2n) is 6.85. The molecule has 0 heterocycles. The number of ether oxygens (including phenoxy) is 3.